The summed E-state index contributed by atoms with van der Waals surface area (Å²) < 4.78 is 124. The quantitative estimate of drug-likeness (QED) is 0.0517. The van der Waals surface area contributed by atoms with E-state index in [1.807, 2.05) is 76.2 Å². The van der Waals surface area contributed by atoms with Crippen LogP contribution in [0.15, 0.2) is 205 Å². The van der Waals surface area contributed by atoms with Gasteiger partial charge >= 0.3 is 10.6 Å². The molecule has 3 heterocycles. The topological polar surface area (TPSA) is 401 Å². The Hall–Kier alpha value is -11.2. The molecule has 0 atom stereocenters. The van der Waals surface area contributed by atoms with E-state index in [2.05, 4.69) is 35.6 Å². The maximum atomic E-state index is 14.1. The van der Waals surface area contributed by atoms with Crippen molar-refractivity contribution in [3.05, 3.63) is 283 Å². The largest absolute Gasteiger partial charge is 0.506 e. The van der Waals surface area contributed by atoms with Gasteiger partial charge in [0.05, 0.1) is 50.7 Å². The van der Waals surface area contributed by atoms with Crippen molar-refractivity contribution in [3.8, 4) is 0 Å². The number of nitrogens with zero attached hydrogens (tertiary/aromatic N) is 5. The summed E-state index contributed by atoms with van der Waals surface area (Å²) in [7, 11) is -15.9. The lowest BCUT2D eigenvalue weighted by Crippen LogP contribution is -2.33. The third-order valence-electron chi connectivity index (χ3n) is 14.6. The molecule has 4 aliphatic rings. The summed E-state index contributed by atoms with van der Waals surface area (Å²) in [5.74, 6) is 0.671. The van der Waals surface area contributed by atoms with Gasteiger partial charge in [0.2, 0.25) is 0 Å². The molecule has 2 aliphatic heterocycles. The Labute approximate surface area is 593 Å². The number of aliphatic hydroxyl groups is 2. The van der Waals surface area contributed by atoms with Crippen LogP contribution in [0.1, 0.15) is 89.6 Å². The maximum Gasteiger partial charge on any atom is 0.425 e. The minimum atomic E-state index is -4.88. The number of aryl methyl sites for hydroxylation is 3. The summed E-state index contributed by atoms with van der Waals surface area (Å²) in [6.07, 6.45) is 0. The van der Waals surface area contributed by atoms with Gasteiger partial charge < -0.3 is 20.8 Å². The summed E-state index contributed by atoms with van der Waals surface area (Å²) in [6, 6.07) is 46.7. The summed E-state index contributed by atoms with van der Waals surface area (Å²) in [5.41, 5.74) is -1.69. The van der Waals surface area contributed by atoms with E-state index in [1.165, 1.54) is 30.3 Å². The van der Waals surface area contributed by atoms with E-state index >= 15 is 0 Å². The highest BCUT2D eigenvalue weighted by Crippen LogP contribution is 2.34. The van der Waals surface area contributed by atoms with Gasteiger partial charge in [0.1, 0.15) is 44.5 Å². The van der Waals surface area contributed by atoms with E-state index in [0.29, 0.717) is 22.3 Å². The Kier molecular flexibility index (Phi) is 27.8. The van der Waals surface area contributed by atoms with Crippen LogP contribution in [0.5, 0.6) is 0 Å². The number of aromatic nitrogens is 5. The van der Waals surface area contributed by atoms with Crippen molar-refractivity contribution in [1.82, 2.24) is 24.9 Å². The van der Waals surface area contributed by atoms with E-state index in [0.717, 1.165) is 30.6 Å². The van der Waals surface area contributed by atoms with Crippen molar-refractivity contribution in [2.24, 2.45) is 0 Å². The molecule has 0 radical (unpaired) electrons. The fourth-order valence-electron chi connectivity index (χ4n) is 11.0. The van der Waals surface area contributed by atoms with Gasteiger partial charge in [-0.2, -0.15) is 25.3 Å². The number of fused-ring (bicyclic) bond motifs is 4. The zero-order valence-corrected chi connectivity index (χ0v) is 61.1. The Bertz CT molecular complexity index is 6190. The molecule has 0 spiro atoms. The normalized spacial score (nSPS) is 11.6. The third kappa shape index (κ3) is 18.5. The molecule has 0 unspecified atom stereocenters. The van der Waals surface area contributed by atoms with Crippen molar-refractivity contribution in [3.63, 3.8) is 0 Å². The third-order valence-corrected chi connectivity index (χ3v) is 17.5. The predicted molar refractivity (Wildman–Crippen MR) is 398 cm³/mol. The molecular weight excluding hydrogens is 1400 g/mol. The molecule has 103 heavy (non-hydrogen) atoms. The van der Waals surface area contributed by atoms with Gasteiger partial charge in [0, 0.05) is 54.1 Å². The van der Waals surface area contributed by atoms with Crippen molar-refractivity contribution in [1.29, 1.82) is 0 Å². The number of aliphatic hydroxyl groups excluding tert-OH is 2. The van der Waals surface area contributed by atoms with E-state index < -0.39 is 84.2 Å². The second-order valence-electron chi connectivity index (χ2n) is 20.9. The molecule has 0 saturated carbocycles. The monoisotopic (exact) mass is 1480 g/mol. The zero-order chi connectivity index (χ0) is 76.4. The number of para-hydroxylation sites is 2. The second-order valence-corrected chi connectivity index (χ2v) is 25.8. The van der Waals surface area contributed by atoms with Gasteiger partial charge in [-0.05, 0) is 79.6 Å². The van der Waals surface area contributed by atoms with Gasteiger partial charge in [-0.25, -0.2) is 24.9 Å². The Balaban J connectivity index is 0.000000256. The Morgan fingerprint density at radius 2 is 0.777 bits per heavy atom. The molecule has 9 aromatic rings. The average molecular weight is 1480 g/mol. The lowest BCUT2D eigenvalue weighted by molar-refractivity contribution is 0.398. The Morgan fingerprint density at radius 3 is 1.16 bits per heavy atom. The van der Waals surface area contributed by atoms with Gasteiger partial charge in [0.25, 0.3) is 41.5 Å². The first-order valence-electron chi connectivity index (χ1n) is 31.9. The lowest BCUT2D eigenvalue weighted by atomic mass is 9.96. The van der Waals surface area contributed by atoms with E-state index in [-0.39, 0.29) is 97.5 Å². The molecule has 2 aliphatic carbocycles. The van der Waals surface area contributed by atoms with Crippen LogP contribution in [0.25, 0.3) is 54.9 Å². The standard InChI is InChI=1S/C31H22N2O9S2.C29H18N2O6S.C6H9N3.4C2H6.O3S/c1-42-44(40,41)23-15-22(32-19-10-3-2-4-11-19)25-26-24(20-12-5-6-13-21(20)30(25)35)27(31(36)33-28(23)26)29(34)18-9-7-8-17(14-18)16-43(37,38)39;32-27(16-9-3-1-4-10-16)25-22-18-13-7-8-14-19(18)28(33)23-20(30-17-11-5-2-6-12-17)15-21(38(35,36)37)26(24(22)23)31-29(25)34;1-4-7-5(2)9-6(3)8-4;4*1-2;1-4(2)3/h2-15,32,34H,16H2,1H3,(H,37,38,39);1-15,30,32H,(H,35,36,37);1-3H3;4*1-2H3;. The molecule has 536 valence electrons. The number of hydrogen-bond acceptors (Lipinski definition) is 23. The van der Waals surface area contributed by atoms with Gasteiger partial charge in [-0.3, -0.25) is 32.5 Å². The second kappa shape index (κ2) is 35.4. The Morgan fingerprint density at radius 1 is 0.437 bits per heavy atom. The zero-order valence-electron chi connectivity index (χ0n) is 57.8. The van der Waals surface area contributed by atoms with Crippen molar-refractivity contribution >= 4 is 119 Å². The maximum absolute atomic E-state index is 14.1. The first-order chi connectivity index (χ1) is 49.1. The molecule has 0 saturated heterocycles. The van der Waals surface area contributed by atoms with Crippen molar-refractivity contribution in [2.75, 3.05) is 17.7 Å². The molecule has 29 heteroatoms. The van der Waals surface area contributed by atoms with Crippen LogP contribution in [-0.4, -0.2) is 89.2 Å². The highest BCUT2D eigenvalue weighted by molar-refractivity contribution is 7.87. The van der Waals surface area contributed by atoms with E-state index in [9.17, 15) is 63.8 Å². The molecule has 8 aromatic carbocycles. The fourth-order valence-corrected chi connectivity index (χ4v) is 13.1. The summed E-state index contributed by atoms with van der Waals surface area (Å²) in [6.45, 7) is 21.6. The average Bonchev–Trinajstić information content (AvgIpc) is 0.719. The molecule has 0 amide bonds. The van der Waals surface area contributed by atoms with Crippen LogP contribution in [0.3, 0.4) is 0 Å². The highest BCUT2D eigenvalue weighted by Gasteiger charge is 2.28. The highest BCUT2D eigenvalue weighted by atomic mass is 32.2. The number of nitrogens with one attached hydrogen (secondary N) is 2. The van der Waals surface area contributed by atoms with Crippen LogP contribution in [0.4, 0.5) is 22.7 Å². The molecule has 0 fully saturated rings. The van der Waals surface area contributed by atoms with Crippen molar-refractivity contribution in [2.45, 2.75) is 91.7 Å². The number of anilines is 4. The number of rotatable bonds is 11. The molecule has 6 N–H and O–H groups in total. The molecule has 13 rings (SSSR count). The van der Waals surface area contributed by atoms with Crippen LogP contribution >= 0.6 is 0 Å². The van der Waals surface area contributed by atoms with Gasteiger partial charge in [0.15, 0.2) is 10.9 Å². The summed E-state index contributed by atoms with van der Waals surface area (Å²) >= 11 is 0. The number of hydrogen-bond donors (Lipinski definition) is 6. The first-order valence-corrected chi connectivity index (χ1v) is 37.3. The summed E-state index contributed by atoms with van der Waals surface area (Å²) in [4.78, 5) is 74.1. The first kappa shape index (κ1) is 80.8. The number of benzene rings is 8. The minimum absolute atomic E-state index is 0.000460. The summed E-state index contributed by atoms with van der Waals surface area (Å²) in [5, 5.41) is 29.9. The van der Waals surface area contributed by atoms with Gasteiger partial charge in [-0.1, -0.05) is 189 Å². The van der Waals surface area contributed by atoms with Crippen LogP contribution < -0.4 is 43.0 Å². The molecule has 0 bridgehead atoms. The van der Waals surface area contributed by atoms with E-state index in [1.54, 1.807) is 140 Å². The SMILES string of the molecule is CC.CC.CC.CC.COS(=O)(=O)c1cc(Nc2ccccc2)c2c3c1nc(=O)c(=C(O)c1cccc(CS(=O)(=O)O)c1)c=3c1ccccc1c2=O.Cc1nc(C)nc(C)n1.O=S(=O)=O.O=c1nc2c(S(=O)(=O)O)cc(Nc3ccccc3)c3c2=c(c1=C(O)c1ccccc1)c1ccccc1c3=O. The van der Waals surface area contributed by atoms with Crippen LogP contribution in [-0.2, 0) is 50.9 Å². The minimum Gasteiger partial charge on any atom is -0.506 e. The smallest absolute Gasteiger partial charge is 0.425 e. The lowest BCUT2D eigenvalue weighted by Gasteiger charge is -2.15. The molecular formula is C74H73N7O18S4. The van der Waals surface area contributed by atoms with E-state index in [4.69, 9.17) is 16.8 Å². The van der Waals surface area contributed by atoms with Gasteiger partial charge in [-0.15, -0.1) is 12.6 Å². The fraction of sp³-hybridized carbons (Fsp3) is 0.176. The molecule has 25 nitrogen and oxygen atoms in total. The van der Waals surface area contributed by atoms with Crippen LogP contribution in [0, 0.1) is 41.6 Å². The predicted octanol–water partition coefficient (Wildman–Crippen LogP) is 10.8. The van der Waals surface area contributed by atoms with Crippen molar-refractivity contribution < 1.29 is 61.4 Å². The van der Waals surface area contributed by atoms with Crippen LogP contribution in [0.2, 0.25) is 0 Å². The molecule has 1 aromatic heterocycles.